The molecule has 6 heteroatoms. The Morgan fingerprint density at radius 3 is 2.44 bits per heavy atom. The molecule has 3 rings (SSSR count). The first kappa shape index (κ1) is 16.8. The fourth-order valence-electron chi connectivity index (χ4n) is 2.55. The molecule has 0 aromatic heterocycles. The zero-order valence-electron chi connectivity index (χ0n) is 13.8. The molecule has 128 valence electrons. The van der Waals surface area contributed by atoms with Crippen LogP contribution in [0, 0.1) is 11.3 Å². The molecule has 1 saturated heterocycles. The van der Waals surface area contributed by atoms with E-state index in [1.807, 2.05) is 30.3 Å². The number of anilines is 2. The molecule has 1 aliphatic heterocycles. The van der Waals surface area contributed by atoms with E-state index in [2.05, 4.69) is 10.2 Å². The smallest absolute Gasteiger partial charge is 0.262 e. The number of rotatable bonds is 5. The van der Waals surface area contributed by atoms with E-state index >= 15 is 0 Å². The van der Waals surface area contributed by atoms with Crippen LogP contribution in [0.15, 0.2) is 48.5 Å². The summed E-state index contributed by atoms with van der Waals surface area (Å²) in [6.45, 7) is 3.15. The van der Waals surface area contributed by atoms with Crippen molar-refractivity contribution in [3.05, 3.63) is 54.1 Å². The predicted molar refractivity (Wildman–Crippen MR) is 94.8 cm³/mol. The van der Waals surface area contributed by atoms with Gasteiger partial charge < -0.3 is 19.7 Å². The van der Waals surface area contributed by atoms with E-state index in [0.29, 0.717) is 11.3 Å². The van der Waals surface area contributed by atoms with Crippen LogP contribution in [0.25, 0.3) is 0 Å². The first-order chi connectivity index (χ1) is 12.2. The summed E-state index contributed by atoms with van der Waals surface area (Å²) in [5.74, 6) is 0.320. The number of hydrogen-bond donors (Lipinski definition) is 1. The highest BCUT2D eigenvalue weighted by atomic mass is 16.5. The maximum Gasteiger partial charge on any atom is 0.262 e. The summed E-state index contributed by atoms with van der Waals surface area (Å²) in [5, 5.41) is 11.6. The van der Waals surface area contributed by atoms with Crippen LogP contribution in [0.4, 0.5) is 11.4 Å². The van der Waals surface area contributed by atoms with Crippen molar-refractivity contribution in [2.45, 2.75) is 0 Å². The summed E-state index contributed by atoms with van der Waals surface area (Å²) >= 11 is 0. The molecule has 0 bridgehead atoms. The number of nitriles is 1. The van der Waals surface area contributed by atoms with E-state index in [9.17, 15) is 4.79 Å². The van der Waals surface area contributed by atoms with E-state index in [-0.39, 0.29) is 12.5 Å². The molecule has 0 radical (unpaired) electrons. The Morgan fingerprint density at radius 1 is 1.12 bits per heavy atom. The summed E-state index contributed by atoms with van der Waals surface area (Å²) in [6, 6.07) is 16.4. The molecule has 1 amide bonds. The van der Waals surface area contributed by atoms with Gasteiger partial charge >= 0.3 is 0 Å². The number of ether oxygens (including phenoxy) is 2. The zero-order valence-corrected chi connectivity index (χ0v) is 13.8. The van der Waals surface area contributed by atoms with Crippen LogP contribution >= 0.6 is 0 Å². The average Bonchev–Trinajstić information content (AvgIpc) is 2.68. The Bertz CT molecular complexity index is 745. The van der Waals surface area contributed by atoms with Gasteiger partial charge in [0.05, 0.1) is 24.8 Å². The normalized spacial score (nSPS) is 13.8. The van der Waals surface area contributed by atoms with Crippen molar-refractivity contribution in [3.63, 3.8) is 0 Å². The van der Waals surface area contributed by atoms with Gasteiger partial charge in [0.25, 0.3) is 5.91 Å². The van der Waals surface area contributed by atoms with Gasteiger partial charge in [0, 0.05) is 24.5 Å². The topological polar surface area (TPSA) is 74.6 Å². The van der Waals surface area contributed by atoms with Gasteiger partial charge in [-0.2, -0.15) is 5.26 Å². The van der Waals surface area contributed by atoms with Crippen molar-refractivity contribution in [3.8, 4) is 11.8 Å². The molecule has 2 aromatic rings. The van der Waals surface area contributed by atoms with Crippen LogP contribution in [-0.4, -0.2) is 38.8 Å². The van der Waals surface area contributed by atoms with E-state index in [1.54, 1.807) is 24.3 Å². The molecule has 1 heterocycles. The molecule has 1 fully saturated rings. The maximum atomic E-state index is 12.0. The van der Waals surface area contributed by atoms with Gasteiger partial charge in [-0.15, -0.1) is 0 Å². The minimum absolute atomic E-state index is 0.0862. The summed E-state index contributed by atoms with van der Waals surface area (Å²) < 4.78 is 10.8. The number of amides is 1. The number of nitrogens with one attached hydrogen (secondary N) is 1. The van der Waals surface area contributed by atoms with Crippen molar-refractivity contribution in [2.75, 3.05) is 43.1 Å². The molecule has 0 aliphatic carbocycles. The number of hydrogen-bond acceptors (Lipinski definition) is 5. The molecule has 0 spiro atoms. The van der Waals surface area contributed by atoms with Crippen molar-refractivity contribution in [1.29, 1.82) is 5.26 Å². The number of morpholine rings is 1. The monoisotopic (exact) mass is 337 g/mol. The van der Waals surface area contributed by atoms with Crippen molar-refractivity contribution in [1.82, 2.24) is 0 Å². The first-order valence-electron chi connectivity index (χ1n) is 8.10. The molecule has 1 N–H and O–H groups in total. The molecule has 2 aromatic carbocycles. The minimum atomic E-state index is -0.233. The fraction of sp³-hybridized carbons (Fsp3) is 0.263. The standard InChI is InChI=1S/C19H19N3O3/c20-13-15-1-7-18(8-2-15)25-14-19(23)21-16-3-5-17(6-4-16)22-9-11-24-12-10-22/h1-8H,9-12,14H2,(H,21,23). The average molecular weight is 337 g/mol. The second-order valence-electron chi connectivity index (χ2n) is 5.62. The Morgan fingerprint density at radius 2 is 1.80 bits per heavy atom. The van der Waals surface area contributed by atoms with Crippen LogP contribution in [-0.2, 0) is 9.53 Å². The van der Waals surface area contributed by atoms with Gasteiger partial charge in [0.1, 0.15) is 5.75 Å². The Kier molecular flexibility index (Phi) is 5.50. The number of carbonyl (C=O) groups excluding carboxylic acids is 1. The third kappa shape index (κ3) is 4.72. The van der Waals surface area contributed by atoms with E-state index < -0.39 is 0 Å². The van der Waals surface area contributed by atoms with Gasteiger partial charge in [0.2, 0.25) is 0 Å². The molecule has 0 unspecified atom stereocenters. The lowest BCUT2D eigenvalue weighted by molar-refractivity contribution is -0.118. The predicted octanol–water partition coefficient (Wildman–Crippen LogP) is 2.41. The van der Waals surface area contributed by atoms with Crippen molar-refractivity contribution in [2.24, 2.45) is 0 Å². The van der Waals surface area contributed by atoms with Crippen LogP contribution in [0.1, 0.15) is 5.56 Å². The molecule has 1 aliphatic rings. The van der Waals surface area contributed by atoms with Crippen molar-refractivity contribution >= 4 is 17.3 Å². The van der Waals surface area contributed by atoms with E-state index in [1.165, 1.54) is 0 Å². The van der Waals surface area contributed by atoms with Gasteiger partial charge in [-0.3, -0.25) is 4.79 Å². The van der Waals surface area contributed by atoms with Gasteiger partial charge in [-0.05, 0) is 48.5 Å². The van der Waals surface area contributed by atoms with E-state index in [4.69, 9.17) is 14.7 Å². The summed E-state index contributed by atoms with van der Waals surface area (Å²) in [6.07, 6.45) is 0. The Labute approximate surface area is 146 Å². The van der Waals surface area contributed by atoms with Gasteiger partial charge in [-0.1, -0.05) is 0 Å². The minimum Gasteiger partial charge on any atom is -0.484 e. The molecular formula is C19H19N3O3. The summed E-state index contributed by atoms with van der Waals surface area (Å²) in [7, 11) is 0. The number of benzene rings is 2. The molecular weight excluding hydrogens is 318 g/mol. The lowest BCUT2D eigenvalue weighted by atomic mass is 10.2. The Balaban J connectivity index is 1.49. The largest absolute Gasteiger partial charge is 0.484 e. The number of carbonyl (C=O) groups is 1. The highest BCUT2D eigenvalue weighted by Gasteiger charge is 2.11. The maximum absolute atomic E-state index is 12.0. The lowest BCUT2D eigenvalue weighted by Gasteiger charge is -2.28. The molecule has 6 nitrogen and oxygen atoms in total. The van der Waals surface area contributed by atoms with Crippen molar-refractivity contribution < 1.29 is 14.3 Å². The molecule has 25 heavy (non-hydrogen) atoms. The summed E-state index contributed by atoms with van der Waals surface area (Å²) in [5.41, 5.74) is 2.40. The molecule has 0 saturated carbocycles. The lowest BCUT2D eigenvalue weighted by Crippen LogP contribution is -2.36. The van der Waals surface area contributed by atoms with Crippen LogP contribution in [0.3, 0.4) is 0 Å². The second-order valence-corrected chi connectivity index (χ2v) is 5.62. The molecule has 0 atom stereocenters. The quantitative estimate of drug-likeness (QED) is 0.907. The third-order valence-electron chi connectivity index (χ3n) is 3.88. The van der Waals surface area contributed by atoms with E-state index in [0.717, 1.165) is 37.7 Å². The van der Waals surface area contributed by atoms with Crippen LogP contribution in [0.5, 0.6) is 5.75 Å². The third-order valence-corrected chi connectivity index (χ3v) is 3.88. The van der Waals surface area contributed by atoms with Gasteiger partial charge in [0.15, 0.2) is 6.61 Å². The van der Waals surface area contributed by atoms with Gasteiger partial charge in [-0.25, -0.2) is 0 Å². The highest BCUT2D eigenvalue weighted by Crippen LogP contribution is 2.19. The number of nitrogens with zero attached hydrogens (tertiary/aromatic N) is 2. The Hall–Kier alpha value is -3.04. The summed E-state index contributed by atoms with van der Waals surface area (Å²) in [4.78, 5) is 14.2. The van der Waals surface area contributed by atoms with Crippen LogP contribution in [0.2, 0.25) is 0 Å². The van der Waals surface area contributed by atoms with Crippen LogP contribution < -0.4 is 15.0 Å². The highest BCUT2D eigenvalue weighted by molar-refractivity contribution is 5.92. The fourth-order valence-corrected chi connectivity index (χ4v) is 2.55. The zero-order chi connectivity index (χ0) is 17.5. The second kappa shape index (κ2) is 8.18. The SMILES string of the molecule is N#Cc1ccc(OCC(=O)Nc2ccc(N3CCOCC3)cc2)cc1. The first-order valence-corrected chi connectivity index (χ1v) is 8.10.